The summed E-state index contributed by atoms with van der Waals surface area (Å²) in [7, 11) is 1.41. The van der Waals surface area contributed by atoms with E-state index in [0.717, 1.165) is 0 Å². The predicted molar refractivity (Wildman–Crippen MR) is 131 cm³/mol. The van der Waals surface area contributed by atoms with Gasteiger partial charge in [0.25, 0.3) is 5.91 Å². The summed E-state index contributed by atoms with van der Waals surface area (Å²) in [6, 6.07) is 18.3. The normalized spacial score (nSPS) is 10.8. The average Bonchev–Trinajstić information content (AvgIpc) is 2.82. The van der Waals surface area contributed by atoms with Crippen molar-refractivity contribution in [2.24, 2.45) is 0 Å². The van der Waals surface area contributed by atoms with Gasteiger partial charge < -0.3 is 14.8 Å². The Balaban J connectivity index is 1.88. The van der Waals surface area contributed by atoms with E-state index < -0.39 is 11.9 Å². The Hall–Kier alpha value is -3.31. The van der Waals surface area contributed by atoms with E-state index >= 15 is 0 Å². The molecule has 0 aromatic heterocycles. The molecule has 0 aliphatic rings. The second kappa shape index (κ2) is 11.0. The summed E-state index contributed by atoms with van der Waals surface area (Å²) < 4.78 is 11.2. The molecule has 0 aliphatic carbocycles. The van der Waals surface area contributed by atoms with Gasteiger partial charge >= 0.3 is 5.97 Å². The van der Waals surface area contributed by atoms with E-state index in [1.54, 1.807) is 54.6 Å². The standard InChI is InChI=1S/C24H15BrCl2N2O4/c1-32-20-12-14(11-17(25)22(20)33-24(31)15-6-3-2-4-7-15)10-16(13-28)23(30)29-19-9-5-8-18(26)21(19)27/h2-12H,1H3,(H,29,30)/b16-10+. The number of halogens is 3. The molecule has 6 nitrogen and oxygen atoms in total. The van der Waals surface area contributed by atoms with Gasteiger partial charge in [-0.05, 0) is 64.0 Å². The number of ether oxygens (including phenoxy) is 2. The minimum absolute atomic E-state index is 0.164. The van der Waals surface area contributed by atoms with Gasteiger partial charge in [-0.15, -0.1) is 0 Å². The Bertz CT molecular complexity index is 1290. The molecule has 0 heterocycles. The first-order chi connectivity index (χ1) is 15.8. The van der Waals surface area contributed by atoms with Crippen LogP contribution in [0.1, 0.15) is 15.9 Å². The van der Waals surface area contributed by atoms with Crippen molar-refractivity contribution in [2.45, 2.75) is 0 Å². The minimum atomic E-state index is -0.670. The minimum Gasteiger partial charge on any atom is -0.493 e. The summed E-state index contributed by atoms with van der Waals surface area (Å²) in [5, 5.41) is 12.5. The lowest BCUT2D eigenvalue weighted by Gasteiger charge is -2.12. The zero-order valence-electron chi connectivity index (χ0n) is 17.1. The number of esters is 1. The third-order valence-corrected chi connectivity index (χ3v) is 5.74. The van der Waals surface area contributed by atoms with E-state index in [4.69, 9.17) is 32.7 Å². The summed E-state index contributed by atoms with van der Waals surface area (Å²) >= 11 is 15.4. The first kappa shape index (κ1) is 24.3. The van der Waals surface area contributed by atoms with Crippen molar-refractivity contribution in [1.29, 1.82) is 5.26 Å². The fraction of sp³-hybridized carbons (Fsp3) is 0.0417. The highest BCUT2D eigenvalue weighted by Gasteiger charge is 2.18. The smallest absolute Gasteiger partial charge is 0.343 e. The lowest BCUT2D eigenvalue weighted by molar-refractivity contribution is -0.112. The number of benzene rings is 3. The van der Waals surface area contributed by atoms with E-state index in [2.05, 4.69) is 21.2 Å². The molecule has 0 atom stereocenters. The number of nitrogens with one attached hydrogen (secondary N) is 1. The van der Waals surface area contributed by atoms with Crippen LogP contribution in [0, 0.1) is 11.3 Å². The summed E-state index contributed by atoms with van der Waals surface area (Å²) in [4.78, 5) is 25.0. The van der Waals surface area contributed by atoms with E-state index in [1.807, 2.05) is 6.07 Å². The van der Waals surface area contributed by atoms with Crippen LogP contribution in [0.25, 0.3) is 6.08 Å². The highest BCUT2D eigenvalue weighted by molar-refractivity contribution is 9.10. The van der Waals surface area contributed by atoms with Gasteiger partial charge in [-0.25, -0.2) is 4.79 Å². The number of methoxy groups -OCH3 is 1. The van der Waals surface area contributed by atoms with Crippen LogP contribution in [0.5, 0.6) is 11.5 Å². The maximum Gasteiger partial charge on any atom is 0.343 e. The van der Waals surface area contributed by atoms with Gasteiger partial charge in [0.15, 0.2) is 11.5 Å². The van der Waals surface area contributed by atoms with Crippen molar-refractivity contribution in [1.82, 2.24) is 0 Å². The molecule has 33 heavy (non-hydrogen) atoms. The van der Waals surface area contributed by atoms with Crippen LogP contribution in [0.4, 0.5) is 5.69 Å². The number of carbonyl (C=O) groups excluding carboxylic acids is 2. The maximum atomic E-state index is 12.6. The summed E-state index contributed by atoms with van der Waals surface area (Å²) in [5.41, 5.74) is 0.923. The molecule has 0 radical (unpaired) electrons. The summed E-state index contributed by atoms with van der Waals surface area (Å²) in [6.07, 6.45) is 1.36. The first-order valence-electron chi connectivity index (χ1n) is 9.36. The number of carbonyl (C=O) groups is 2. The highest BCUT2D eigenvalue weighted by atomic mass is 79.9. The molecular formula is C24H15BrCl2N2O4. The maximum absolute atomic E-state index is 12.6. The van der Waals surface area contributed by atoms with Crippen molar-refractivity contribution in [3.8, 4) is 17.6 Å². The molecule has 3 aromatic rings. The van der Waals surface area contributed by atoms with Gasteiger partial charge in [0.05, 0.1) is 32.9 Å². The SMILES string of the molecule is COc1cc(/C=C(\C#N)C(=O)Nc2cccc(Cl)c2Cl)cc(Br)c1OC(=O)c1ccccc1. The van der Waals surface area contributed by atoms with Crippen LogP contribution in [0.3, 0.4) is 0 Å². The van der Waals surface area contributed by atoms with Gasteiger partial charge in [-0.1, -0.05) is 47.5 Å². The lowest BCUT2D eigenvalue weighted by Crippen LogP contribution is -2.14. The third-order valence-electron chi connectivity index (χ3n) is 4.33. The summed E-state index contributed by atoms with van der Waals surface area (Å²) in [6.45, 7) is 0. The lowest BCUT2D eigenvalue weighted by atomic mass is 10.1. The van der Waals surface area contributed by atoms with Crippen LogP contribution < -0.4 is 14.8 Å². The van der Waals surface area contributed by atoms with Gasteiger partial charge in [0.1, 0.15) is 11.6 Å². The van der Waals surface area contributed by atoms with Gasteiger partial charge in [-0.2, -0.15) is 5.26 Å². The number of amides is 1. The fourth-order valence-electron chi connectivity index (χ4n) is 2.75. The van der Waals surface area contributed by atoms with Crippen molar-refractivity contribution in [3.05, 3.63) is 91.9 Å². The number of rotatable bonds is 6. The molecule has 3 aromatic carbocycles. The molecule has 1 N–H and O–H groups in total. The van der Waals surface area contributed by atoms with Gasteiger partial charge in [-0.3, -0.25) is 4.79 Å². The van der Waals surface area contributed by atoms with Crippen molar-refractivity contribution < 1.29 is 19.1 Å². The molecule has 0 saturated heterocycles. The molecule has 0 aliphatic heterocycles. The summed E-state index contributed by atoms with van der Waals surface area (Å²) in [5.74, 6) is -0.836. The van der Waals surface area contributed by atoms with Gasteiger partial charge in [0, 0.05) is 0 Å². The van der Waals surface area contributed by atoms with Crippen LogP contribution in [-0.2, 0) is 4.79 Å². The Morgan fingerprint density at radius 3 is 2.48 bits per heavy atom. The Labute approximate surface area is 208 Å². The van der Waals surface area contributed by atoms with Crippen LogP contribution >= 0.6 is 39.1 Å². The van der Waals surface area contributed by atoms with E-state index in [9.17, 15) is 14.9 Å². The predicted octanol–water partition coefficient (Wildman–Crippen LogP) is 6.53. The molecule has 1 amide bonds. The second-order valence-corrected chi connectivity index (χ2v) is 8.15. The van der Waals surface area contributed by atoms with Crippen LogP contribution in [-0.4, -0.2) is 19.0 Å². The fourth-order valence-corrected chi connectivity index (χ4v) is 3.64. The van der Waals surface area contributed by atoms with Crippen molar-refractivity contribution in [3.63, 3.8) is 0 Å². The number of hydrogen-bond acceptors (Lipinski definition) is 5. The zero-order chi connectivity index (χ0) is 24.0. The molecule has 0 fully saturated rings. The number of anilines is 1. The molecule has 166 valence electrons. The monoisotopic (exact) mass is 544 g/mol. The van der Waals surface area contributed by atoms with Crippen LogP contribution in [0.2, 0.25) is 10.0 Å². The van der Waals surface area contributed by atoms with E-state index in [-0.39, 0.29) is 32.8 Å². The Morgan fingerprint density at radius 2 is 1.82 bits per heavy atom. The second-order valence-electron chi connectivity index (χ2n) is 6.51. The van der Waals surface area contributed by atoms with E-state index in [0.29, 0.717) is 15.6 Å². The molecule has 3 rings (SSSR count). The van der Waals surface area contributed by atoms with Crippen molar-refractivity contribution in [2.75, 3.05) is 12.4 Å². The average molecular weight is 546 g/mol. The number of hydrogen-bond donors (Lipinski definition) is 1. The first-order valence-corrected chi connectivity index (χ1v) is 10.9. The third kappa shape index (κ3) is 5.93. The van der Waals surface area contributed by atoms with Crippen molar-refractivity contribution >= 4 is 62.8 Å². The Morgan fingerprint density at radius 1 is 1.09 bits per heavy atom. The highest BCUT2D eigenvalue weighted by Crippen LogP contribution is 2.38. The molecular weight excluding hydrogens is 531 g/mol. The molecule has 0 unspecified atom stereocenters. The topological polar surface area (TPSA) is 88.4 Å². The quantitative estimate of drug-likeness (QED) is 0.165. The van der Waals surface area contributed by atoms with Crippen LogP contribution in [0.15, 0.2) is 70.7 Å². The molecule has 9 heteroatoms. The van der Waals surface area contributed by atoms with Gasteiger partial charge in [0.2, 0.25) is 0 Å². The Kier molecular flexibility index (Phi) is 8.12. The molecule has 0 bridgehead atoms. The molecule has 0 saturated carbocycles. The van der Waals surface area contributed by atoms with E-state index in [1.165, 1.54) is 19.3 Å². The zero-order valence-corrected chi connectivity index (χ0v) is 20.2. The molecule has 0 spiro atoms. The number of nitrogens with zero attached hydrogens (tertiary/aromatic N) is 1. The number of nitriles is 1. The largest absolute Gasteiger partial charge is 0.493 e.